The molecule has 0 bridgehead atoms. The summed E-state index contributed by atoms with van der Waals surface area (Å²) in [6.07, 6.45) is 4.04. The van der Waals surface area contributed by atoms with Crippen LogP contribution >= 0.6 is 0 Å². The van der Waals surface area contributed by atoms with Crippen LogP contribution in [0.25, 0.3) is 0 Å². The molecule has 2 rings (SSSR count). The molecule has 0 saturated heterocycles. The van der Waals surface area contributed by atoms with E-state index in [4.69, 9.17) is 0 Å². The maximum Gasteiger partial charge on any atom is 0.191 e. The molecule has 28 heavy (non-hydrogen) atoms. The number of hydrogen-bond acceptors (Lipinski definition) is 3. The van der Waals surface area contributed by atoms with Crippen molar-refractivity contribution in [3.05, 3.63) is 65.7 Å². The fourth-order valence-corrected chi connectivity index (χ4v) is 3.48. The number of nitrogens with one attached hydrogen (secondary N) is 2. The monoisotopic (exact) mass is 401 g/mol. The second-order valence-corrected chi connectivity index (χ2v) is 9.01. The van der Waals surface area contributed by atoms with Crippen molar-refractivity contribution in [2.45, 2.75) is 44.0 Å². The Hall–Kier alpha value is -2.34. The summed E-state index contributed by atoms with van der Waals surface area (Å²) >= 11 is 0. The van der Waals surface area contributed by atoms with Crippen LogP contribution in [0.15, 0.2) is 64.5 Å². The van der Waals surface area contributed by atoms with E-state index in [1.807, 2.05) is 18.2 Å². The van der Waals surface area contributed by atoms with Crippen molar-refractivity contribution in [2.75, 3.05) is 19.3 Å². The van der Waals surface area contributed by atoms with Crippen molar-refractivity contribution >= 4 is 15.8 Å². The number of aryl methyl sites for hydroxylation is 1. The lowest BCUT2D eigenvalue weighted by atomic mass is 10.1. The molecule has 6 heteroatoms. The van der Waals surface area contributed by atoms with E-state index in [9.17, 15) is 8.42 Å². The molecule has 0 radical (unpaired) electrons. The maximum atomic E-state index is 11.5. The predicted octanol–water partition coefficient (Wildman–Crippen LogP) is 3.21. The van der Waals surface area contributed by atoms with Gasteiger partial charge < -0.3 is 10.6 Å². The Kier molecular flexibility index (Phi) is 8.51. The molecule has 0 spiro atoms. The Morgan fingerprint density at radius 3 is 2.25 bits per heavy atom. The number of hydrogen-bond donors (Lipinski definition) is 2. The number of guanidine groups is 1. The van der Waals surface area contributed by atoms with Gasteiger partial charge in [-0.25, -0.2) is 8.42 Å². The first-order valence-corrected chi connectivity index (χ1v) is 11.7. The third kappa shape index (κ3) is 7.72. The van der Waals surface area contributed by atoms with Crippen LogP contribution < -0.4 is 10.6 Å². The highest BCUT2D eigenvalue weighted by atomic mass is 32.2. The molecule has 0 fully saturated rings. The first kappa shape index (κ1) is 22.0. The summed E-state index contributed by atoms with van der Waals surface area (Å²) in [7, 11) is -3.15. The van der Waals surface area contributed by atoms with Gasteiger partial charge in [-0.1, -0.05) is 42.5 Å². The van der Waals surface area contributed by atoms with Crippen molar-refractivity contribution < 1.29 is 8.42 Å². The van der Waals surface area contributed by atoms with Gasteiger partial charge in [0.1, 0.15) is 0 Å². The average Bonchev–Trinajstić information content (AvgIpc) is 2.67. The van der Waals surface area contributed by atoms with Gasteiger partial charge in [0, 0.05) is 25.4 Å². The molecule has 0 amide bonds. The highest BCUT2D eigenvalue weighted by Gasteiger charge is 2.07. The Morgan fingerprint density at radius 1 is 1.00 bits per heavy atom. The van der Waals surface area contributed by atoms with Crippen LogP contribution in [0.3, 0.4) is 0 Å². The minimum atomic E-state index is -3.15. The molecule has 0 aliphatic heterocycles. The molecular formula is C22H31N3O2S. The van der Waals surface area contributed by atoms with Crippen molar-refractivity contribution in [1.29, 1.82) is 0 Å². The van der Waals surface area contributed by atoms with Crippen molar-refractivity contribution in [1.82, 2.24) is 10.6 Å². The van der Waals surface area contributed by atoms with Crippen LogP contribution in [-0.4, -0.2) is 39.8 Å². The van der Waals surface area contributed by atoms with E-state index in [0.717, 1.165) is 37.3 Å². The van der Waals surface area contributed by atoms with Crippen molar-refractivity contribution in [2.24, 2.45) is 4.99 Å². The lowest BCUT2D eigenvalue weighted by Crippen LogP contribution is -2.42. The minimum Gasteiger partial charge on any atom is -0.357 e. The normalized spacial score (nSPS) is 13.2. The van der Waals surface area contributed by atoms with Gasteiger partial charge >= 0.3 is 0 Å². The van der Waals surface area contributed by atoms with Crippen LogP contribution in [0.2, 0.25) is 0 Å². The predicted molar refractivity (Wildman–Crippen MR) is 117 cm³/mol. The summed E-state index contributed by atoms with van der Waals surface area (Å²) in [5.41, 5.74) is 2.42. The third-order valence-corrected chi connectivity index (χ3v) is 5.59. The Balaban J connectivity index is 1.85. The molecule has 5 nitrogen and oxygen atoms in total. The Morgan fingerprint density at radius 2 is 1.64 bits per heavy atom. The molecule has 0 heterocycles. The topological polar surface area (TPSA) is 70.6 Å². The van der Waals surface area contributed by atoms with E-state index < -0.39 is 9.84 Å². The molecule has 0 aliphatic rings. The van der Waals surface area contributed by atoms with Gasteiger partial charge in [0.2, 0.25) is 0 Å². The maximum absolute atomic E-state index is 11.5. The van der Waals surface area contributed by atoms with Gasteiger partial charge in [0.25, 0.3) is 0 Å². The second-order valence-electron chi connectivity index (χ2n) is 7.00. The summed E-state index contributed by atoms with van der Waals surface area (Å²) in [5, 5.41) is 6.75. The highest BCUT2D eigenvalue weighted by Crippen LogP contribution is 2.11. The summed E-state index contributed by atoms with van der Waals surface area (Å²) in [6, 6.07) is 17.8. The molecule has 2 aromatic rings. The lowest BCUT2D eigenvalue weighted by Gasteiger charge is -2.18. The van der Waals surface area contributed by atoms with Crippen LogP contribution in [0.1, 0.15) is 31.4 Å². The van der Waals surface area contributed by atoms with Crippen LogP contribution in [0, 0.1) is 0 Å². The minimum absolute atomic E-state index is 0.312. The molecule has 1 unspecified atom stereocenters. The summed E-state index contributed by atoms with van der Waals surface area (Å²) < 4.78 is 23.1. The number of aliphatic imine (C=N–C) groups is 1. The number of sulfone groups is 1. The van der Waals surface area contributed by atoms with Gasteiger partial charge in [-0.2, -0.15) is 0 Å². The van der Waals surface area contributed by atoms with Gasteiger partial charge in [-0.3, -0.25) is 4.99 Å². The molecule has 1 atom stereocenters. The highest BCUT2D eigenvalue weighted by molar-refractivity contribution is 7.90. The fourth-order valence-electron chi connectivity index (χ4n) is 2.85. The van der Waals surface area contributed by atoms with E-state index in [1.165, 1.54) is 11.8 Å². The zero-order chi connectivity index (χ0) is 20.4. The van der Waals surface area contributed by atoms with E-state index in [2.05, 4.69) is 53.7 Å². The second kappa shape index (κ2) is 10.9. The van der Waals surface area contributed by atoms with Gasteiger partial charge in [-0.05, 0) is 56.4 Å². The molecule has 0 aromatic heterocycles. The molecule has 0 aliphatic carbocycles. The Labute approximate surface area is 169 Å². The summed E-state index contributed by atoms with van der Waals surface area (Å²) in [4.78, 5) is 5.00. The third-order valence-electron chi connectivity index (χ3n) is 4.46. The Bertz CT molecular complexity index is 847. The van der Waals surface area contributed by atoms with Gasteiger partial charge in [-0.15, -0.1) is 0 Å². The smallest absolute Gasteiger partial charge is 0.191 e. The van der Waals surface area contributed by atoms with Crippen LogP contribution in [0.5, 0.6) is 0 Å². The van der Waals surface area contributed by atoms with Gasteiger partial charge in [0.05, 0.1) is 4.90 Å². The van der Waals surface area contributed by atoms with Crippen LogP contribution in [0.4, 0.5) is 0 Å². The van der Waals surface area contributed by atoms with Crippen molar-refractivity contribution in [3.63, 3.8) is 0 Å². The first-order chi connectivity index (χ1) is 13.4. The van der Waals surface area contributed by atoms with E-state index in [-0.39, 0.29) is 0 Å². The van der Waals surface area contributed by atoms with Crippen LogP contribution in [-0.2, 0) is 22.7 Å². The summed E-state index contributed by atoms with van der Waals surface area (Å²) in [6.45, 7) is 5.66. The largest absolute Gasteiger partial charge is 0.357 e. The molecular weight excluding hydrogens is 370 g/mol. The van der Waals surface area contributed by atoms with E-state index >= 15 is 0 Å². The van der Waals surface area contributed by atoms with E-state index in [0.29, 0.717) is 17.5 Å². The zero-order valence-electron chi connectivity index (χ0n) is 17.0. The quantitative estimate of drug-likeness (QED) is 0.500. The standard InChI is InChI=1S/C22H31N3O2S/c1-4-23-22(25-18(2)10-11-19-8-6-5-7-9-19)24-17-16-20-12-14-21(15-13-20)28(3,26)27/h5-9,12-15,18H,4,10-11,16-17H2,1-3H3,(H2,23,24,25). The fraction of sp³-hybridized carbons (Fsp3) is 0.409. The summed E-state index contributed by atoms with van der Waals surface area (Å²) in [5.74, 6) is 0.816. The lowest BCUT2D eigenvalue weighted by molar-refractivity contribution is 0.593. The molecule has 2 aromatic carbocycles. The van der Waals surface area contributed by atoms with E-state index in [1.54, 1.807) is 12.1 Å². The zero-order valence-corrected chi connectivity index (χ0v) is 17.8. The number of benzene rings is 2. The number of rotatable bonds is 9. The SMILES string of the molecule is CCNC(=NCCc1ccc(S(C)(=O)=O)cc1)NC(C)CCc1ccccc1. The molecule has 152 valence electrons. The molecule has 0 saturated carbocycles. The van der Waals surface area contributed by atoms with Gasteiger partial charge in [0.15, 0.2) is 15.8 Å². The molecule has 2 N–H and O–H groups in total. The number of nitrogens with zero attached hydrogens (tertiary/aromatic N) is 1. The first-order valence-electron chi connectivity index (χ1n) is 9.76. The average molecular weight is 402 g/mol. The van der Waals surface area contributed by atoms with Crippen molar-refractivity contribution in [3.8, 4) is 0 Å².